The first-order valence-electron chi connectivity index (χ1n) is 8.10. The fourth-order valence-electron chi connectivity index (χ4n) is 2.34. The van der Waals surface area contributed by atoms with Crippen LogP contribution in [0.4, 0.5) is 18.9 Å². The SMILES string of the molecule is CC(=O)c1cccc(OC(C)C(=O)Nc2cc(CN)cc(C(F)(F)F)c2)c1. The number of alkyl halides is 3. The minimum Gasteiger partial charge on any atom is -0.481 e. The van der Waals surface area contributed by atoms with Gasteiger partial charge in [-0.1, -0.05) is 12.1 Å². The van der Waals surface area contributed by atoms with Crippen molar-refractivity contribution in [2.75, 3.05) is 5.32 Å². The molecule has 1 amide bonds. The summed E-state index contributed by atoms with van der Waals surface area (Å²) in [7, 11) is 0. The lowest BCUT2D eigenvalue weighted by Gasteiger charge is -2.17. The van der Waals surface area contributed by atoms with Crippen LogP contribution in [0.2, 0.25) is 0 Å². The normalized spacial score (nSPS) is 12.4. The number of carbonyl (C=O) groups excluding carboxylic acids is 2. The molecule has 0 spiro atoms. The van der Waals surface area contributed by atoms with Crippen LogP contribution in [-0.4, -0.2) is 17.8 Å². The summed E-state index contributed by atoms with van der Waals surface area (Å²) in [4.78, 5) is 23.7. The second kappa shape index (κ2) is 8.22. The lowest BCUT2D eigenvalue weighted by atomic mass is 10.1. The number of carbonyl (C=O) groups is 2. The van der Waals surface area contributed by atoms with Crippen molar-refractivity contribution in [3.8, 4) is 5.75 Å². The molecule has 0 aliphatic heterocycles. The van der Waals surface area contributed by atoms with Crippen molar-refractivity contribution in [3.05, 3.63) is 59.2 Å². The maximum atomic E-state index is 13.0. The highest BCUT2D eigenvalue weighted by Gasteiger charge is 2.31. The Morgan fingerprint density at radius 2 is 1.89 bits per heavy atom. The van der Waals surface area contributed by atoms with Crippen LogP contribution in [0, 0.1) is 0 Å². The molecule has 5 nitrogen and oxygen atoms in total. The molecule has 2 aromatic carbocycles. The number of rotatable bonds is 6. The predicted molar refractivity (Wildman–Crippen MR) is 94.5 cm³/mol. The molecule has 0 saturated heterocycles. The molecule has 0 bridgehead atoms. The summed E-state index contributed by atoms with van der Waals surface area (Å²) in [6, 6.07) is 9.42. The van der Waals surface area contributed by atoms with E-state index in [9.17, 15) is 22.8 Å². The van der Waals surface area contributed by atoms with Crippen LogP contribution < -0.4 is 15.8 Å². The molecule has 0 aliphatic carbocycles. The van der Waals surface area contributed by atoms with E-state index in [1.54, 1.807) is 18.2 Å². The van der Waals surface area contributed by atoms with Crippen molar-refractivity contribution in [3.63, 3.8) is 0 Å². The van der Waals surface area contributed by atoms with Crippen LogP contribution in [0.5, 0.6) is 5.75 Å². The lowest BCUT2D eigenvalue weighted by molar-refractivity contribution is -0.137. The Morgan fingerprint density at radius 1 is 1.19 bits per heavy atom. The summed E-state index contributed by atoms with van der Waals surface area (Å²) in [5, 5.41) is 2.40. The molecule has 2 rings (SSSR count). The maximum Gasteiger partial charge on any atom is 0.416 e. The molecule has 1 atom stereocenters. The molecule has 0 saturated carbocycles. The topological polar surface area (TPSA) is 81.4 Å². The summed E-state index contributed by atoms with van der Waals surface area (Å²) in [6.07, 6.45) is -5.55. The quantitative estimate of drug-likeness (QED) is 0.748. The van der Waals surface area contributed by atoms with Crippen LogP contribution in [-0.2, 0) is 17.5 Å². The largest absolute Gasteiger partial charge is 0.481 e. The molecular formula is C19H19F3N2O3. The fourth-order valence-corrected chi connectivity index (χ4v) is 2.34. The average molecular weight is 380 g/mol. The van der Waals surface area contributed by atoms with Crippen molar-refractivity contribution in [2.24, 2.45) is 5.73 Å². The number of hydrogen-bond donors (Lipinski definition) is 2. The Kier molecular flexibility index (Phi) is 6.22. The predicted octanol–water partition coefficient (Wildman–Crippen LogP) is 3.77. The Balaban J connectivity index is 2.14. The van der Waals surface area contributed by atoms with Gasteiger partial charge in [0, 0.05) is 17.8 Å². The molecule has 0 aliphatic rings. The van der Waals surface area contributed by atoms with Gasteiger partial charge in [0.15, 0.2) is 11.9 Å². The van der Waals surface area contributed by atoms with Crippen LogP contribution in [0.25, 0.3) is 0 Å². The summed E-state index contributed by atoms with van der Waals surface area (Å²) in [5.74, 6) is -0.488. The Morgan fingerprint density at radius 3 is 2.48 bits per heavy atom. The first-order chi connectivity index (χ1) is 12.6. The van der Waals surface area contributed by atoms with Gasteiger partial charge in [-0.15, -0.1) is 0 Å². The van der Waals surface area contributed by atoms with Crippen LogP contribution in [0.1, 0.15) is 35.3 Å². The zero-order valence-electron chi connectivity index (χ0n) is 14.8. The average Bonchev–Trinajstić information content (AvgIpc) is 2.60. The van der Waals surface area contributed by atoms with Gasteiger partial charge in [0.1, 0.15) is 5.75 Å². The Bertz CT molecular complexity index is 850. The number of ketones is 1. The third-order valence-corrected chi connectivity index (χ3v) is 3.75. The summed E-state index contributed by atoms with van der Waals surface area (Å²) >= 11 is 0. The van der Waals surface area contributed by atoms with E-state index in [2.05, 4.69) is 5.32 Å². The molecule has 3 N–H and O–H groups in total. The van der Waals surface area contributed by atoms with Gasteiger partial charge in [-0.2, -0.15) is 13.2 Å². The number of nitrogens with two attached hydrogens (primary N) is 1. The number of nitrogens with one attached hydrogen (secondary N) is 1. The third-order valence-electron chi connectivity index (χ3n) is 3.75. The number of halogens is 3. The molecule has 0 fully saturated rings. The molecule has 0 radical (unpaired) electrons. The molecule has 2 aromatic rings. The first kappa shape index (κ1) is 20.4. The van der Waals surface area contributed by atoms with Gasteiger partial charge < -0.3 is 15.8 Å². The van der Waals surface area contributed by atoms with Crippen molar-refractivity contribution in [2.45, 2.75) is 32.7 Å². The number of benzene rings is 2. The first-order valence-corrected chi connectivity index (χ1v) is 8.10. The molecular weight excluding hydrogens is 361 g/mol. The van der Waals surface area contributed by atoms with Crippen molar-refractivity contribution in [1.82, 2.24) is 0 Å². The van der Waals surface area contributed by atoms with E-state index in [4.69, 9.17) is 10.5 Å². The van der Waals surface area contributed by atoms with Gasteiger partial charge in [0.05, 0.1) is 5.56 Å². The van der Waals surface area contributed by atoms with Gasteiger partial charge >= 0.3 is 6.18 Å². The fraction of sp³-hybridized carbons (Fsp3) is 0.263. The van der Waals surface area contributed by atoms with E-state index >= 15 is 0 Å². The summed E-state index contributed by atoms with van der Waals surface area (Å²) < 4.78 is 44.4. The van der Waals surface area contributed by atoms with Crippen LogP contribution in [0.15, 0.2) is 42.5 Å². The number of hydrogen-bond acceptors (Lipinski definition) is 4. The van der Waals surface area contributed by atoms with Crippen LogP contribution >= 0.6 is 0 Å². The molecule has 0 aromatic heterocycles. The van der Waals surface area contributed by atoms with E-state index in [1.807, 2.05) is 0 Å². The zero-order valence-corrected chi connectivity index (χ0v) is 14.8. The highest BCUT2D eigenvalue weighted by molar-refractivity contribution is 5.95. The second-order valence-corrected chi connectivity index (χ2v) is 5.95. The number of Topliss-reactive ketones (excluding diaryl/α,β-unsaturated/α-hetero) is 1. The Labute approximate surface area is 154 Å². The van der Waals surface area contributed by atoms with Gasteiger partial charge in [-0.25, -0.2) is 0 Å². The smallest absolute Gasteiger partial charge is 0.416 e. The number of amides is 1. The minimum absolute atomic E-state index is 0.0248. The third kappa shape index (κ3) is 5.55. The molecule has 144 valence electrons. The molecule has 27 heavy (non-hydrogen) atoms. The van der Waals surface area contributed by atoms with Crippen molar-refractivity contribution in [1.29, 1.82) is 0 Å². The molecule has 1 unspecified atom stereocenters. The monoisotopic (exact) mass is 380 g/mol. The maximum absolute atomic E-state index is 13.0. The molecule has 8 heteroatoms. The minimum atomic E-state index is -4.56. The van der Waals surface area contributed by atoms with E-state index in [-0.39, 0.29) is 23.6 Å². The van der Waals surface area contributed by atoms with Crippen molar-refractivity contribution < 1.29 is 27.5 Å². The summed E-state index contributed by atoms with van der Waals surface area (Å²) in [6.45, 7) is 2.75. The van der Waals surface area contributed by atoms with Gasteiger partial charge in [0.2, 0.25) is 0 Å². The van der Waals surface area contributed by atoms with E-state index < -0.39 is 23.8 Å². The van der Waals surface area contributed by atoms with Gasteiger partial charge in [0.25, 0.3) is 5.91 Å². The summed E-state index contributed by atoms with van der Waals surface area (Å²) in [5.41, 5.74) is 5.17. The van der Waals surface area contributed by atoms with Gasteiger partial charge in [-0.05, 0) is 49.7 Å². The van der Waals surface area contributed by atoms with E-state index in [0.717, 1.165) is 12.1 Å². The lowest BCUT2D eigenvalue weighted by Crippen LogP contribution is -2.30. The van der Waals surface area contributed by atoms with Crippen molar-refractivity contribution >= 4 is 17.4 Å². The van der Waals surface area contributed by atoms with Gasteiger partial charge in [-0.3, -0.25) is 9.59 Å². The standard InChI is InChI=1S/C19H19F3N2O3/c1-11(25)14-4-3-5-17(8-14)27-12(2)18(26)24-16-7-13(10-23)6-15(9-16)19(20,21)22/h3-9,12H,10,23H2,1-2H3,(H,24,26). The van der Waals surface area contributed by atoms with Crippen LogP contribution in [0.3, 0.4) is 0 Å². The zero-order chi connectivity index (χ0) is 20.2. The number of anilines is 1. The Hall–Kier alpha value is -2.87. The highest BCUT2D eigenvalue weighted by Crippen LogP contribution is 2.32. The number of ether oxygens (including phenoxy) is 1. The molecule has 0 heterocycles. The second-order valence-electron chi connectivity index (χ2n) is 5.95. The van der Waals surface area contributed by atoms with E-state index in [0.29, 0.717) is 11.3 Å². The van der Waals surface area contributed by atoms with E-state index in [1.165, 1.54) is 26.0 Å². The highest BCUT2D eigenvalue weighted by atomic mass is 19.4.